The van der Waals surface area contributed by atoms with Crippen molar-refractivity contribution in [2.45, 2.75) is 6.92 Å². The van der Waals surface area contributed by atoms with Crippen molar-refractivity contribution in [3.8, 4) is 5.69 Å². The molecule has 0 fully saturated rings. The number of aromatic nitrogens is 2. The zero-order valence-corrected chi connectivity index (χ0v) is 10.4. The van der Waals surface area contributed by atoms with Crippen LogP contribution in [0.4, 0.5) is 5.82 Å². The van der Waals surface area contributed by atoms with Crippen LogP contribution in [0.15, 0.2) is 28.7 Å². The lowest BCUT2D eigenvalue weighted by Crippen LogP contribution is -2.02. The normalized spacial score (nSPS) is 10.6. The van der Waals surface area contributed by atoms with Gasteiger partial charge in [0.05, 0.1) is 20.9 Å². The first-order chi connectivity index (χ1) is 7.11. The van der Waals surface area contributed by atoms with Gasteiger partial charge in [-0.05, 0) is 35.0 Å². The van der Waals surface area contributed by atoms with Crippen molar-refractivity contribution in [1.82, 2.24) is 9.78 Å². The molecule has 0 aliphatic carbocycles. The Morgan fingerprint density at radius 3 is 2.60 bits per heavy atom. The molecule has 0 saturated carbocycles. The molecule has 1 aromatic heterocycles. The molecule has 0 aliphatic heterocycles. The van der Waals surface area contributed by atoms with E-state index in [-0.39, 0.29) is 0 Å². The largest absolute Gasteiger partial charge is 0.383 e. The molecule has 0 radical (unpaired) electrons. The van der Waals surface area contributed by atoms with E-state index in [1.165, 1.54) is 0 Å². The lowest BCUT2D eigenvalue weighted by Gasteiger charge is -2.05. The van der Waals surface area contributed by atoms with Crippen molar-refractivity contribution in [3.63, 3.8) is 0 Å². The molecule has 2 rings (SSSR count). The first-order valence-corrected chi connectivity index (χ1v) is 5.54. The third-order valence-corrected chi connectivity index (χ3v) is 3.40. The Labute approximate surface area is 101 Å². The summed E-state index contributed by atoms with van der Waals surface area (Å²) in [6.45, 7) is 1.88. The van der Waals surface area contributed by atoms with Crippen LogP contribution in [0.1, 0.15) is 5.69 Å². The third kappa shape index (κ3) is 1.75. The molecule has 2 N–H and O–H groups in total. The van der Waals surface area contributed by atoms with Gasteiger partial charge in [0.25, 0.3) is 0 Å². The number of anilines is 1. The van der Waals surface area contributed by atoms with Gasteiger partial charge >= 0.3 is 0 Å². The van der Waals surface area contributed by atoms with Crippen molar-refractivity contribution < 1.29 is 0 Å². The van der Waals surface area contributed by atoms with Gasteiger partial charge in [-0.3, -0.25) is 0 Å². The van der Waals surface area contributed by atoms with Crippen LogP contribution in [0.5, 0.6) is 0 Å². The summed E-state index contributed by atoms with van der Waals surface area (Å²) in [4.78, 5) is 0. The Hall–Kier alpha value is -1.00. The van der Waals surface area contributed by atoms with Crippen LogP contribution in [0, 0.1) is 6.92 Å². The number of hydrogen-bond acceptors (Lipinski definition) is 2. The van der Waals surface area contributed by atoms with Crippen LogP contribution in [-0.4, -0.2) is 9.78 Å². The molecule has 15 heavy (non-hydrogen) atoms. The highest BCUT2D eigenvalue weighted by Gasteiger charge is 2.12. The minimum atomic E-state index is 0.556. The summed E-state index contributed by atoms with van der Waals surface area (Å²) in [7, 11) is 0. The Balaban J connectivity index is 2.65. The number of nitrogen functional groups attached to an aromatic ring is 1. The summed E-state index contributed by atoms with van der Waals surface area (Å²) >= 11 is 9.43. The van der Waals surface area contributed by atoms with E-state index in [9.17, 15) is 0 Å². The monoisotopic (exact) mass is 285 g/mol. The van der Waals surface area contributed by atoms with Crippen LogP contribution in [0.2, 0.25) is 5.02 Å². The fourth-order valence-corrected chi connectivity index (χ4v) is 1.80. The maximum Gasteiger partial charge on any atom is 0.141 e. The second-order valence-electron chi connectivity index (χ2n) is 3.15. The summed E-state index contributed by atoms with van der Waals surface area (Å²) in [5, 5.41) is 4.93. The van der Waals surface area contributed by atoms with Crippen molar-refractivity contribution in [2.24, 2.45) is 0 Å². The van der Waals surface area contributed by atoms with Gasteiger partial charge in [-0.15, -0.1) is 0 Å². The lowest BCUT2D eigenvalue weighted by atomic mass is 10.3. The number of benzene rings is 1. The Morgan fingerprint density at radius 2 is 2.07 bits per heavy atom. The number of halogens is 2. The van der Waals surface area contributed by atoms with Crippen LogP contribution < -0.4 is 5.73 Å². The Kier molecular flexibility index (Phi) is 2.71. The molecule has 0 bridgehead atoms. The highest BCUT2D eigenvalue weighted by atomic mass is 79.9. The number of nitrogens with two attached hydrogens (primary N) is 1. The summed E-state index contributed by atoms with van der Waals surface area (Å²) < 4.78 is 2.43. The highest BCUT2D eigenvalue weighted by Crippen LogP contribution is 2.28. The fraction of sp³-hybridized carbons (Fsp3) is 0.100. The minimum Gasteiger partial charge on any atom is -0.383 e. The molecule has 1 aromatic carbocycles. The molecule has 0 aliphatic rings. The van der Waals surface area contributed by atoms with Gasteiger partial charge in [0.15, 0.2) is 0 Å². The quantitative estimate of drug-likeness (QED) is 0.875. The van der Waals surface area contributed by atoms with Crippen molar-refractivity contribution in [3.05, 3.63) is 39.5 Å². The van der Waals surface area contributed by atoms with Crippen LogP contribution >= 0.6 is 27.5 Å². The van der Waals surface area contributed by atoms with Crippen molar-refractivity contribution in [2.75, 3.05) is 5.73 Å². The zero-order chi connectivity index (χ0) is 11.0. The SMILES string of the molecule is Cc1nn(-c2ccccc2Cl)c(N)c1Br. The van der Waals surface area contributed by atoms with Crippen LogP contribution in [0.3, 0.4) is 0 Å². The molecule has 1 heterocycles. The van der Waals surface area contributed by atoms with E-state index < -0.39 is 0 Å². The first-order valence-electron chi connectivity index (χ1n) is 4.36. The number of para-hydroxylation sites is 1. The van der Waals surface area contributed by atoms with Crippen molar-refractivity contribution in [1.29, 1.82) is 0 Å². The maximum absolute atomic E-state index is 6.06. The average Bonchev–Trinajstić information content (AvgIpc) is 2.47. The molecule has 2 aromatic rings. The van der Waals surface area contributed by atoms with Gasteiger partial charge in [-0.2, -0.15) is 5.10 Å². The van der Waals surface area contributed by atoms with Gasteiger partial charge < -0.3 is 5.73 Å². The lowest BCUT2D eigenvalue weighted by molar-refractivity contribution is 0.872. The summed E-state index contributed by atoms with van der Waals surface area (Å²) in [5.74, 6) is 0.556. The molecule has 3 nitrogen and oxygen atoms in total. The number of aryl methyl sites for hydroxylation is 1. The molecule has 78 valence electrons. The van der Waals surface area contributed by atoms with Crippen LogP contribution in [-0.2, 0) is 0 Å². The number of rotatable bonds is 1. The second kappa shape index (κ2) is 3.87. The second-order valence-corrected chi connectivity index (χ2v) is 4.35. The highest BCUT2D eigenvalue weighted by molar-refractivity contribution is 9.10. The number of nitrogens with zero attached hydrogens (tertiary/aromatic N) is 2. The van der Waals surface area contributed by atoms with Crippen molar-refractivity contribution >= 4 is 33.3 Å². The van der Waals surface area contributed by atoms with Gasteiger partial charge in [-0.1, -0.05) is 23.7 Å². The Bertz CT molecular complexity index is 507. The van der Waals surface area contributed by atoms with Crippen LogP contribution in [0.25, 0.3) is 5.69 Å². The topological polar surface area (TPSA) is 43.8 Å². The summed E-state index contributed by atoms with van der Waals surface area (Å²) in [6.07, 6.45) is 0. The zero-order valence-electron chi connectivity index (χ0n) is 8.04. The van der Waals surface area contributed by atoms with Gasteiger partial charge in [0, 0.05) is 0 Å². The van der Waals surface area contributed by atoms with E-state index in [4.69, 9.17) is 17.3 Å². The average molecular weight is 287 g/mol. The van der Waals surface area contributed by atoms with Gasteiger partial charge in [0.2, 0.25) is 0 Å². The third-order valence-electron chi connectivity index (χ3n) is 2.10. The van der Waals surface area contributed by atoms with E-state index in [1.54, 1.807) is 10.7 Å². The summed E-state index contributed by atoms with van der Waals surface area (Å²) in [6, 6.07) is 7.44. The number of hydrogen-bond donors (Lipinski definition) is 1. The summed E-state index contributed by atoms with van der Waals surface area (Å²) in [5.41, 5.74) is 7.52. The van der Waals surface area contributed by atoms with E-state index in [1.807, 2.05) is 25.1 Å². The molecule has 0 saturated heterocycles. The van der Waals surface area contributed by atoms with E-state index >= 15 is 0 Å². The molecule has 0 atom stereocenters. The molecule has 0 unspecified atom stereocenters. The predicted octanol–water partition coefficient (Wildman–Crippen LogP) is 3.18. The standard InChI is InChI=1S/C10H9BrClN3/c1-6-9(11)10(13)15(14-6)8-5-3-2-4-7(8)12/h2-5H,13H2,1H3. The predicted molar refractivity (Wildman–Crippen MR) is 65.4 cm³/mol. The maximum atomic E-state index is 6.06. The molecule has 0 spiro atoms. The molecule has 5 heteroatoms. The fourth-order valence-electron chi connectivity index (χ4n) is 1.33. The van der Waals surface area contributed by atoms with E-state index in [0.29, 0.717) is 10.8 Å². The first kappa shape index (κ1) is 10.5. The van der Waals surface area contributed by atoms with E-state index in [2.05, 4.69) is 21.0 Å². The Morgan fingerprint density at radius 1 is 1.40 bits per heavy atom. The minimum absolute atomic E-state index is 0.556. The molecule has 0 amide bonds. The smallest absolute Gasteiger partial charge is 0.141 e. The van der Waals surface area contributed by atoms with Gasteiger partial charge in [-0.25, -0.2) is 4.68 Å². The van der Waals surface area contributed by atoms with E-state index in [0.717, 1.165) is 15.9 Å². The molecular weight excluding hydrogens is 277 g/mol. The molecular formula is C10H9BrClN3. The van der Waals surface area contributed by atoms with Gasteiger partial charge in [0.1, 0.15) is 5.82 Å².